The second kappa shape index (κ2) is 7.67. The molecule has 6 heteroatoms. The first-order chi connectivity index (χ1) is 10.2. The fourth-order valence-corrected chi connectivity index (χ4v) is 4.86. The van der Waals surface area contributed by atoms with Crippen LogP contribution in [0.4, 0.5) is 0 Å². The van der Waals surface area contributed by atoms with Gasteiger partial charge in [0.25, 0.3) is 0 Å². The summed E-state index contributed by atoms with van der Waals surface area (Å²) < 4.78 is 18.7. The van der Waals surface area contributed by atoms with E-state index in [1.807, 2.05) is 41.7 Å². The lowest BCUT2D eigenvalue weighted by Gasteiger charge is -2.43. The van der Waals surface area contributed by atoms with Crippen molar-refractivity contribution in [2.45, 2.75) is 32.0 Å². The molecule has 0 radical (unpaired) electrons. The van der Waals surface area contributed by atoms with Crippen LogP contribution in [0.5, 0.6) is 0 Å². The van der Waals surface area contributed by atoms with E-state index in [1.54, 1.807) is 0 Å². The molecule has 1 rings (SSSR count). The first kappa shape index (κ1) is 19.3. The molecule has 0 saturated heterocycles. The minimum atomic E-state index is -2.08. The predicted molar refractivity (Wildman–Crippen MR) is 102 cm³/mol. The highest BCUT2D eigenvalue weighted by Gasteiger charge is 2.43. The fraction of sp³-hybridized carbons (Fsp3) is 0.375. The van der Waals surface area contributed by atoms with Crippen LogP contribution in [0.15, 0.2) is 54.9 Å². The Bertz CT molecular complexity index is 479. The molecule has 0 saturated carbocycles. The monoisotopic (exact) mass is 352 g/mol. The van der Waals surface area contributed by atoms with Gasteiger partial charge in [0.1, 0.15) is 10.5 Å². The normalized spacial score (nSPS) is 13.1. The maximum absolute atomic E-state index is 6.52. The zero-order valence-corrected chi connectivity index (χ0v) is 18.4. The Labute approximate surface area is 139 Å². The summed E-state index contributed by atoms with van der Waals surface area (Å²) in [5.74, 6) is -0.892. The van der Waals surface area contributed by atoms with Gasteiger partial charge in [0.05, 0.1) is 6.61 Å². The van der Waals surface area contributed by atoms with Crippen molar-refractivity contribution in [3.05, 3.63) is 60.5 Å². The van der Waals surface area contributed by atoms with E-state index >= 15 is 0 Å². The van der Waals surface area contributed by atoms with Gasteiger partial charge >= 0.3 is 0 Å². The van der Waals surface area contributed by atoms with Crippen molar-refractivity contribution in [1.29, 1.82) is 0 Å². The molecular formula is C16H28O3Si3. The minimum Gasteiger partial charge on any atom is -0.422 e. The molecule has 1 aromatic carbocycles. The van der Waals surface area contributed by atoms with Crippen LogP contribution in [0.25, 0.3) is 0 Å². The van der Waals surface area contributed by atoms with Crippen molar-refractivity contribution in [3.8, 4) is 0 Å². The summed E-state index contributed by atoms with van der Waals surface area (Å²) in [6, 6.07) is 10.0. The minimum absolute atomic E-state index is 0.387. The molecule has 0 spiro atoms. The van der Waals surface area contributed by atoms with Crippen LogP contribution in [-0.4, -0.2) is 33.7 Å². The highest BCUT2D eigenvalue weighted by molar-refractivity contribution is 6.77. The summed E-state index contributed by atoms with van der Waals surface area (Å²) in [7, 11) is -3.54. The number of benzene rings is 1. The Morgan fingerprint density at radius 3 is 1.82 bits per heavy atom. The van der Waals surface area contributed by atoms with Gasteiger partial charge in [-0.3, -0.25) is 0 Å². The molecule has 0 unspecified atom stereocenters. The van der Waals surface area contributed by atoms with Gasteiger partial charge in [0.2, 0.25) is 16.6 Å². The van der Waals surface area contributed by atoms with Crippen LogP contribution >= 0.6 is 0 Å². The number of hydrogen-bond acceptors (Lipinski definition) is 3. The van der Waals surface area contributed by atoms with Crippen LogP contribution in [0.3, 0.4) is 0 Å². The summed E-state index contributed by atoms with van der Waals surface area (Å²) in [4.78, 5) is 0. The smallest absolute Gasteiger partial charge is 0.214 e. The summed E-state index contributed by atoms with van der Waals surface area (Å²) in [6.45, 7) is 16.7. The summed E-state index contributed by atoms with van der Waals surface area (Å²) in [5, 5.41) is 0. The molecule has 0 aromatic heterocycles. The third-order valence-electron chi connectivity index (χ3n) is 3.39. The molecule has 0 amide bonds. The third kappa shape index (κ3) is 5.15. The van der Waals surface area contributed by atoms with Crippen molar-refractivity contribution < 1.29 is 13.3 Å². The number of hydrogen-bond donors (Lipinski definition) is 0. The van der Waals surface area contributed by atoms with Crippen molar-refractivity contribution in [2.24, 2.45) is 0 Å². The highest BCUT2D eigenvalue weighted by Crippen LogP contribution is 2.35. The quantitative estimate of drug-likeness (QED) is 0.505. The lowest BCUT2D eigenvalue weighted by atomic mass is 10.1. The second-order valence-electron chi connectivity index (χ2n) is 6.37. The lowest BCUT2D eigenvalue weighted by molar-refractivity contribution is -0.157. The standard InChI is InChI=1S/C16H28O3Si3/c1-7-21(3,4)18-16(14-17-20,19-22(5,6)8-2)15-12-10-9-11-13-15/h7-13H,1-2,14H2,3-6,20H3. The van der Waals surface area contributed by atoms with E-state index in [1.165, 1.54) is 0 Å². The van der Waals surface area contributed by atoms with Gasteiger partial charge in [-0.1, -0.05) is 41.7 Å². The van der Waals surface area contributed by atoms with Gasteiger partial charge in [0, 0.05) is 5.56 Å². The predicted octanol–water partition coefficient (Wildman–Crippen LogP) is 3.03. The van der Waals surface area contributed by atoms with Gasteiger partial charge < -0.3 is 13.3 Å². The van der Waals surface area contributed by atoms with Gasteiger partial charge in [-0.05, 0) is 26.2 Å². The zero-order valence-electron chi connectivity index (χ0n) is 14.4. The Morgan fingerprint density at radius 1 is 1.00 bits per heavy atom. The Morgan fingerprint density at radius 2 is 1.45 bits per heavy atom. The Kier molecular flexibility index (Phi) is 6.72. The summed E-state index contributed by atoms with van der Waals surface area (Å²) in [5.41, 5.74) is 4.82. The molecule has 22 heavy (non-hydrogen) atoms. The number of rotatable bonds is 9. The second-order valence-corrected chi connectivity index (χ2v) is 14.6. The van der Waals surface area contributed by atoms with E-state index in [4.69, 9.17) is 13.3 Å². The van der Waals surface area contributed by atoms with E-state index in [0.29, 0.717) is 17.1 Å². The fourth-order valence-electron chi connectivity index (χ4n) is 2.10. The first-order valence-electron chi connectivity index (χ1n) is 7.42. The van der Waals surface area contributed by atoms with Crippen LogP contribution in [0.2, 0.25) is 26.2 Å². The zero-order chi connectivity index (χ0) is 16.9. The molecule has 0 aliphatic rings. The van der Waals surface area contributed by atoms with E-state index in [2.05, 4.69) is 39.3 Å². The van der Waals surface area contributed by atoms with Crippen LogP contribution in [-0.2, 0) is 19.1 Å². The van der Waals surface area contributed by atoms with Crippen molar-refractivity contribution in [1.82, 2.24) is 0 Å². The third-order valence-corrected chi connectivity index (χ3v) is 7.35. The van der Waals surface area contributed by atoms with Crippen LogP contribution < -0.4 is 0 Å². The van der Waals surface area contributed by atoms with Crippen LogP contribution in [0.1, 0.15) is 5.56 Å². The van der Waals surface area contributed by atoms with Crippen LogP contribution in [0, 0.1) is 0 Å². The molecule has 122 valence electrons. The van der Waals surface area contributed by atoms with Crippen molar-refractivity contribution in [3.63, 3.8) is 0 Å². The van der Waals surface area contributed by atoms with E-state index in [9.17, 15) is 0 Å². The highest BCUT2D eigenvalue weighted by atomic mass is 28.4. The van der Waals surface area contributed by atoms with Gasteiger partial charge in [-0.2, -0.15) is 0 Å². The molecule has 0 aliphatic heterocycles. The van der Waals surface area contributed by atoms with E-state index in [-0.39, 0.29) is 0 Å². The molecule has 0 atom stereocenters. The largest absolute Gasteiger partial charge is 0.422 e. The SMILES string of the molecule is C=C[Si](C)(C)OC(CO[SiH3])(O[Si](C)(C)C=C)c1ccccc1. The maximum atomic E-state index is 6.52. The molecule has 1 aromatic rings. The maximum Gasteiger partial charge on any atom is 0.214 e. The average molecular weight is 353 g/mol. The Hall–Kier alpha value is -0.769. The Balaban J connectivity index is 3.37. The molecule has 0 bridgehead atoms. The molecule has 0 aliphatic carbocycles. The molecular weight excluding hydrogens is 324 g/mol. The summed E-state index contributed by atoms with van der Waals surface area (Å²) >= 11 is 0. The van der Waals surface area contributed by atoms with Gasteiger partial charge in [0.15, 0.2) is 5.79 Å². The first-order valence-corrected chi connectivity index (χ1v) is 14.2. The molecule has 3 nitrogen and oxygen atoms in total. The van der Waals surface area contributed by atoms with Crippen molar-refractivity contribution >= 4 is 27.1 Å². The van der Waals surface area contributed by atoms with E-state index in [0.717, 1.165) is 5.56 Å². The van der Waals surface area contributed by atoms with Gasteiger partial charge in [-0.15, -0.1) is 13.2 Å². The lowest BCUT2D eigenvalue weighted by Crippen LogP contribution is -2.51. The van der Waals surface area contributed by atoms with Crippen molar-refractivity contribution in [2.75, 3.05) is 6.61 Å². The molecule has 0 fully saturated rings. The topological polar surface area (TPSA) is 27.7 Å². The van der Waals surface area contributed by atoms with Gasteiger partial charge in [-0.25, -0.2) is 0 Å². The molecule has 0 N–H and O–H groups in total. The molecule has 0 heterocycles. The van der Waals surface area contributed by atoms with E-state index < -0.39 is 22.4 Å². The summed E-state index contributed by atoms with van der Waals surface area (Å²) in [6.07, 6.45) is 0. The average Bonchev–Trinajstić information content (AvgIpc) is 2.47.